The average molecular weight is 313 g/mol. The number of hydrogen-bond donors (Lipinski definition) is 3. The molecule has 2 aliphatic heterocycles. The third kappa shape index (κ3) is 2.60. The first kappa shape index (κ1) is 14.6. The predicted octanol–water partition coefficient (Wildman–Crippen LogP) is 0.911. The van der Waals surface area contributed by atoms with E-state index in [1.165, 1.54) is 0 Å². The summed E-state index contributed by atoms with van der Waals surface area (Å²) in [6.45, 7) is 3.04. The van der Waals surface area contributed by atoms with E-state index in [0.29, 0.717) is 29.4 Å². The number of rotatable bonds is 2. The largest absolute Gasteiger partial charge is 0.394 e. The molecule has 21 heavy (non-hydrogen) atoms. The first-order valence-electron chi connectivity index (χ1n) is 6.83. The van der Waals surface area contributed by atoms with Crippen LogP contribution >= 0.6 is 11.6 Å². The van der Waals surface area contributed by atoms with Gasteiger partial charge in [-0.2, -0.15) is 0 Å². The number of benzene rings is 1. The maximum atomic E-state index is 11.5. The lowest BCUT2D eigenvalue weighted by Gasteiger charge is -2.38. The molecule has 3 N–H and O–H groups in total. The van der Waals surface area contributed by atoms with E-state index >= 15 is 0 Å². The molecule has 7 heteroatoms. The molecule has 3 rings (SSSR count). The van der Waals surface area contributed by atoms with Crippen molar-refractivity contribution < 1.29 is 19.7 Å². The van der Waals surface area contributed by atoms with Gasteiger partial charge in [0, 0.05) is 24.3 Å². The highest BCUT2D eigenvalue weighted by molar-refractivity contribution is 6.33. The van der Waals surface area contributed by atoms with Crippen molar-refractivity contribution in [3.05, 3.63) is 22.7 Å². The van der Waals surface area contributed by atoms with E-state index in [9.17, 15) is 15.0 Å². The zero-order valence-electron chi connectivity index (χ0n) is 11.5. The van der Waals surface area contributed by atoms with Gasteiger partial charge in [0.05, 0.1) is 29.5 Å². The molecule has 0 aliphatic carbocycles. The van der Waals surface area contributed by atoms with Gasteiger partial charge in [0.25, 0.3) is 5.91 Å². The Morgan fingerprint density at radius 1 is 1.48 bits per heavy atom. The van der Waals surface area contributed by atoms with Crippen LogP contribution in [0.3, 0.4) is 0 Å². The number of aliphatic hydroxyl groups is 2. The van der Waals surface area contributed by atoms with E-state index in [1.807, 2.05) is 11.8 Å². The molecule has 0 aromatic heterocycles. The molecule has 1 saturated heterocycles. The van der Waals surface area contributed by atoms with Crippen LogP contribution in [0.4, 0.5) is 11.4 Å². The number of hydrogen-bond acceptors (Lipinski definition) is 5. The Morgan fingerprint density at radius 3 is 2.95 bits per heavy atom. The molecule has 0 spiro atoms. The van der Waals surface area contributed by atoms with Gasteiger partial charge in [0.1, 0.15) is 0 Å². The molecule has 0 saturated carbocycles. The third-order valence-electron chi connectivity index (χ3n) is 3.79. The fourth-order valence-corrected chi connectivity index (χ4v) is 3.13. The lowest BCUT2D eigenvalue weighted by Crippen LogP contribution is -2.48. The summed E-state index contributed by atoms with van der Waals surface area (Å²) in [7, 11) is 0. The van der Waals surface area contributed by atoms with E-state index in [2.05, 4.69) is 5.32 Å². The molecule has 2 aliphatic rings. The molecule has 1 aromatic carbocycles. The molecule has 1 fully saturated rings. The number of morpholine rings is 1. The van der Waals surface area contributed by atoms with Gasteiger partial charge >= 0.3 is 0 Å². The number of carbonyl (C=O) groups is 1. The molecule has 114 valence electrons. The van der Waals surface area contributed by atoms with Crippen molar-refractivity contribution in [2.75, 3.05) is 29.9 Å². The summed E-state index contributed by atoms with van der Waals surface area (Å²) in [5, 5.41) is 22.2. The first-order chi connectivity index (χ1) is 9.99. The van der Waals surface area contributed by atoms with Crippen LogP contribution in [0.5, 0.6) is 0 Å². The lowest BCUT2D eigenvalue weighted by molar-refractivity contribution is -0.123. The van der Waals surface area contributed by atoms with Gasteiger partial charge in [-0.1, -0.05) is 11.6 Å². The van der Waals surface area contributed by atoms with Crippen LogP contribution in [-0.2, 0) is 9.53 Å². The number of fused-ring (bicyclic) bond motifs is 1. The van der Waals surface area contributed by atoms with Gasteiger partial charge in [-0.3, -0.25) is 4.79 Å². The van der Waals surface area contributed by atoms with Crippen molar-refractivity contribution in [3.63, 3.8) is 0 Å². The Bertz CT molecular complexity index is 580. The molecular formula is C14H17ClN2O4. The van der Waals surface area contributed by atoms with Crippen molar-refractivity contribution in [1.82, 2.24) is 0 Å². The van der Waals surface area contributed by atoms with E-state index in [1.54, 1.807) is 12.1 Å². The molecule has 2 heterocycles. The Balaban J connectivity index is 1.93. The molecule has 0 radical (unpaired) electrons. The highest BCUT2D eigenvalue weighted by atomic mass is 35.5. The second kappa shape index (κ2) is 5.46. The zero-order valence-corrected chi connectivity index (χ0v) is 12.3. The number of amides is 1. The fourth-order valence-electron chi connectivity index (χ4n) is 2.84. The van der Waals surface area contributed by atoms with Crippen molar-refractivity contribution in [3.8, 4) is 0 Å². The standard InChI is InChI=1S/C14H17ClN2O4/c1-7-4-17(5-8(6-18)21-7)12-3-11-9(2-10(12)15)13(19)14(20)16-11/h2-3,7-8,13,18-19H,4-6H2,1H3,(H,16,20). The van der Waals surface area contributed by atoms with Crippen LogP contribution in [0.1, 0.15) is 18.6 Å². The molecular weight excluding hydrogens is 296 g/mol. The molecule has 3 unspecified atom stereocenters. The Labute approximate surface area is 127 Å². The Hall–Kier alpha value is -1.34. The third-order valence-corrected chi connectivity index (χ3v) is 4.09. The topological polar surface area (TPSA) is 82.0 Å². The molecule has 1 aromatic rings. The first-order valence-corrected chi connectivity index (χ1v) is 7.21. The van der Waals surface area contributed by atoms with Gasteiger partial charge < -0.3 is 25.2 Å². The van der Waals surface area contributed by atoms with Crippen LogP contribution < -0.4 is 10.2 Å². The van der Waals surface area contributed by atoms with Crippen LogP contribution in [0.2, 0.25) is 5.02 Å². The summed E-state index contributed by atoms with van der Waals surface area (Å²) < 4.78 is 5.61. The van der Waals surface area contributed by atoms with Crippen molar-refractivity contribution in [2.45, 2.75) is 25.2 Å². The van der Waals surface area contributed by atoms with Crippen LogP contribution in [0.15, 0.2) is 12.1 Å². The summed E-state index contributed by atoms with van der Waals surface area (Å²) in [4.78, 5) is 13.5. The van der Waals surface area contributed by atoms with Crippen LogP contribution in [0.25, 0.3) is 0 Å². The zero-order chi connectivity index (χ0) is 15.1. The summed E-state index contributed by atoms with van der Waals surface area (Å²) in [6, 6.07) is 3.38. The average Bonchev–Trinajstić information content (AvgIpc) is 2.72. The molecule has 6 nitrogen and oxygen atoms in total. The van der Waals surface area contributed by atoms with E-state index < -0.39 is 12.0 Å². The summed E-state index contributed by atoms with van der Waals surface area (Å²) in [5.41, 5.74) is 1.83. The minimum atomic E-state index is -1.17. The molecule has 1 amide bonds. The van der Waals surface area contributed by atoms with Gasteiger partial charge in [0.15, 0.2) is 6.10 Å². The maximum absolute atomic E-state index is 11.5. The number of aliphatic hydroxyl groups excluding tert-OH is 2. The fraction of sp³-hybridized carbons (Fsp3) is 0.500. The monoisotopic (exact) mass is 312 g/mol. The Kier molecular flexibility index (Phi) is 3.79. The lowest BCUT2D eigenvalue weighted by atomic mass is 10.1. The number of anilines is 2. The van der Waals surface area contributed by atoms with Gasteiger partial charge in [0.2, 0.25) is 0 Å². The van der Waals surface area contributed by atoms with Gasteiger partial charge in [-0.15, -0.1) is 0 Å². The normalized spacial score (nSPS) is 28.5. The number of nitrogens with one attached hydrogen (secondary N) is 1. The summed E-state index contributed by atoms with van der Waals surface area (Å²) in [5.74, 6) is -0.443. The number of carbonyl (C=O) groups excluding carboxylic acids is 1. The Morgan fingerprint density at radius 2 is 2.24 bits per heavy atom. The van der Waals surface area contributed by atoms with E-state index in [0.717, 1.165) is 5.69 Å². The quantitative estimate of drug-likeness (QED) is 0.756. The second-order valence-electron chi connectivity index (χ2n) is 5.44. The molecule has 0 bridgehead atoms. The highest BCUT2D eigenvalue weighted by Gasteiger charge is 2.32. The number of halogens is 1. The van der Waals surface area contributed by atoms with Gasteiger partial charge in [-0.05, 0) is 19.1 Å². The van der Waals surface area contributed by atoms with Crippen molar-refractivity contribution >= 4 is 28.9 Å². The minimum Gasteiger partial charge on any atom is -0.394 e. The van der Waals surface area contributed by atoms with Crippen LogP contribution in [0, 0.1) is 0 Å². The maximum Gasteiger partial charge on any atom is 0.257 e. The van der Waals surface area contributed by atoms with Gasteiger partial charge in [-0.25, -0.2) is 0 Å². The van der Waals surface area contributed by atoms with E-state index in [4.69, 9.17) is 16.3 Å². The predicted molar refractivity (Wildman–Crippen MR) is 78.7 cm³/mol. The second-order valence-corrected chi connectivity index (χ2v) is 5.85. The number of nitrogens with zero attached hydrogens (tertiary/aromatic N) is 1. The van der Waals surface area contributed by atoms with Crippen LogP contribution in [-0.4, -0.2) is 48.0 Å². The summed E-state index contributed by atoms with van der Waals surface area (Å²) in [6.07, 6.45) is -1.46. The van der Waals surface area contributed by atoms with Crippen molar-refractivity contribution in [1.29, 1.82) is 0 Å². The van der Waals surface area contributed by atoms with Crippen molar-refractivity contribution in [2.24, 2.45) is 0 Å². The number of ether oxygens (including phenoxy) is 1. The minimum absolute atomic E-state index is 0.0274. The highest BCUT2D eigenvalue weighted by Crippen LogP contribution is 2.39. The van der Waals surface area contributed by atoms with E-state index in [-0.39, 0.29) is 18.8 Å². The summed E-state index contributed by atoms with van der Waals surface area (Å²) >= 11 is 6.30. The smallest absolute Gasteiger partial charge is 0.257 e. The molecule has 3 atom stereocenters. The SMILES string of the molecule is CC1CN(c2cc3c(cc2Cl)C(O)C(=O)N3)CC(CO)O1.